The van der Waals surface area contributed by atoms with Crippen molar-refractivity contribution >= 4 is 11.8 Å². The van der Waals surface area contributed by atoms with Crippen molar-refractivity contribution in [3.05, 3.63) is 29.8 Å². The molecule has 0 aromatic heterocycles. The van der Waals surface area contributed by atoms with Crippen molar-refractivity contribution in [3.8, 4) is 5.75 Å². The van der Waals surface area contributed by atoms with Crippen LogP contribution in [-0.2, 0) is 24.7 Å². The van der Waals surface area contributed by atoms with Crippen molar-refractivity contribution < 1.29 is 23.8 Å². The van der Waals surface area contributed by atoms with Crippen molar-refractivity contribution in [1.82, 2.24) is 0 Å². The van der Waals surface area contributed by atoms with Crippen LogP contribution in [0.5, 0.6) is 5.75 Å². The molecule has 1 aliphatic rings. The minimum Gasteiger partial charge on any atom is -0.497 e. The summed E-state index contributed by atoms with van der Waals surface area (Å²) in [6, 6.07) is 7.46. The van der Waals surface area contributed by atoms with Gasteiger partial charge < -0.3 is 14.2 Å². The predicted octanol–water partition coefficient (Wildman–Crippen LogP) is 3.25. The number of carbonyl (C=O) groups is 2. The van der Waals surface area contributed by atoms with Crippen LogP contribution in [0, 0.1) is 5.92 Å². The molecule has 1 unspecified atom stereocenters. The molecule has 5 heteroatoms. The van der Waals surface area contributed by atoms with E-state index in [1.54, 1.807) is 14.0 Å². The zero-order valence-electron chi connectivity index (χ0n) is 15.0. The smallest absolute Gasteiger partial charge is 0.312 e. The Bertz CT molecular complexity index is 604. The Balaban J connectivity index is 2.40. The zero-order chi connectivity index (χ0) is 18.0. The lowest BCUT2D eigenvalue weighted by molar-refractivity contribution is -0.183. The van der Waals surface area contributed by atoms with Crippen LogP contribution in [0.15, 0.2) is 24.3 Å². The van der Waals surface area contributed by atoms with Gasteiger partial charge in [-0.3, -0.25) is 9.59 Å². The maximum absolute atomic E-state index is 12.7. The van der Waals surface area contributed by atoms with Crippen LogP contribution in [-0.4, -0.2) is 31.1 Å². The molecule has 1 fully saturated rings. The number of rotatable bonds is 4. The first kappa shape index (κ1) is 18.5. The molecule has 1 aromatic carbocycles. The minimum atomic E-state index is -0.884. The maximum Gasteiger partial charge on any atom is 0.312 e. The quantitative estimate of drug-likeness (QED) is 0.791. The van der Waals surface area contributed by atoms with E-state index in [2.05, 4.69) is 0 Å². The van der Waals surface area contributed by atoms with Crippen LogP contribution in [0.2, 0.25) is 0 Å². The van der Waals surface area contributed by atoms with Gasteiger partial charge in [-0.15, -0.1) is 0 Å². The Hall–Kier alpha value is -1.88. The second-order valence-electron chi connectivity index (χ2n) is 7.20. The van der Waals surface area contributed by atoms with E-state index in [-0.39, 0.29) is 18.4 Å². The number of hydrogen-bond acceptors (Lipinski definition) is 5. The number of ether oxygens (including phenoxy) is 3. The maximum atomic E-state index is 12.7. The lowest BCUT2D eigenvalue weighted by atomic mass is 9.76. The van der Waals surface area contributed by atoms with E-state index in [0.717, 1.165) is 5.56 Å². The van der Waals surface area contributed by atoms with Crippen molar-refractivity contribution in [3.63, 3.8) is 0 Å². The topological polar surface area (TPSA) is 61.8 Å². The molecule has 5 nitrogen and oxygen atoms in total. The largest absolute Gasteiger partial charge is 0.497 e. The number of ketones is 1. The molecular formula is C19H26O5. The molecule has 24 heavy (non-hydrogen) atoms. The molecular weight excluding hydrogens is 308 g/mol. The van der Waals surface area contributed by atoms with Crippen LogP contribution < -0.4 is 4.74 Å². The lowest BCUT2D eigenvalue weighted by Gasteiger charge is -2.41. The van der Waals surface area contributed by atoms with E-state index in [1.165, 1.54) is 0 Å². The van der Waals surface area contributed by atoms with Gasteiger partial charge in [-0.1, -0.05) is 12.1 Å². The molecule has 1 aromatic rings. The molecule has 1 heterocycles. The van der Waals surface area contributed by atoms with Crippen molar-refractivity contribution in [2.24, 2.45) is 5.92 Å². The second kappa shape index (κ2) is 6.93. The fraction of sp³-hybridized carbons (Fsp3) is 0.579. The summed E-state index contributed by atoms with van der Waals surface area (Å²) in [6.07, 6.45) is 0.823. The van der Waals surface area contributed by atoms with Gasteiger partial charge in [0.2, 0.25) is 0 Å². The van der Waals surface area contributed by atoms with E-state index < -0.39 is 17.1 Å². The summed E-state index contributed by atoms with van der Waals surface area (Å²) in [4.78, 5) is 24.3. The summed E-state index contributed by atoms with van der Waals surface area (Å²) in [5.74, 6) is -0.148. The van der Waals surface area contributed by atoms with Crippen LogP contribution in [0.25, 0.3) is 0 Å². The number of Topliss-reactive ketones (excluding diaryl/α,β-unsaturated/α-hetero) is 1. The van der Waals surface area contributed by atoms with Gasteiger partial charge in [-0.25, -0.2) is 0 Å². The van der Waals surface area contributed by atoms with Gasteiger partial charge in [0.1, 0.15) is 23.6 Å². The molecule has 0 spiro atoms. The summed E-state index contributed by atoms with van der Waals surface area (Å²) < 4.78 is 16.8. The Morgan fingerprint density at radius 3 is 2.58 bits per heavy atom. The van der Waals surface area contributed by atoms with Gasteiger partial charge in [0, 0.05) is 6.42 Å². The summed E-state index contributed by atoms with van der Waals surface area (Å²) in [7, 11) is 1.59. The van der Waals surface area contributed by atoms with Gasteiger partial charge >= 0.3 is 5.97 Å². The van der Waals surface area contributed by atoms with E-state index >= 15 is 0 Å². The van der Waals surface area contributed by atoms with Crippen molar-refractivity contribution in [2.75, 3.05) is 13.7 Å². The first-order valence-electron chi connectivity index (χ1n) is 8.21. The number of hydrogen-bond donors (Lipinski definition) is 0. The summed E-state index contributed by atoms with van der Waals surface area (Å²) in [5.41, 5.74) is -0.636. The minimum absolute atomic E-state index is 0.00431. The van der Waals surface area contributed by atoms with Crippen LogP contribution in [0.4, 0.5) is 0 Å². The summed E-state index contributed by atoms with van der Waals surface area (Å²) in [5, 5.41) is 0. The van der Waals surface area contributed by atoms with Gasteiger partial charge in [0.15, 0.2) is 5.78 Å². The molecule has 0 bridgehead atoms. The Labute approximate surface area is 143 Å². The first-order valence-corrected chi connectivity index (χ1v) is 8.21. The SMILES string of the molecule is COc1cccc([C@@]2(C(C)C(=O)OC(C)(C)C)CCC(=O)CO2)c1. The van der Waals surface area contributed by atoms with Crippen LogP contribution in [0.1, 0.15) is 46.1 Å². The number of benzene rings is 1. The molecule has 1 aliphatic heterocycles. The normalized spacial score (nSPS) is 22.8. The predicted molar refractivity (Wildman–Crippen MR) is 89.9 cm³/mol. The third-order valence-corrected chi connectivity index (χ3v) is 4.28. The van der Waals surface area contributed by atoms with Crippen LogP contribution >= 0.6 is 0 Å². The molecule has 2 rings (SSSR count). The average Bonchev–Trinajstić information content (AvgIpc) is 2.53. The van der Waals surface area contributed by atoms with E-state index in [9.17, 15) is 9.59 Å². The van der Waals surface area contributed by atoms with E-state index in [0.29, 0.717) is 18.6 Å². The lowest BCUT2D eigenvalue weighted by Crippen LogP contribution is -2.47. The molecule has 1 saturated heterocycles. The van der Waals surface area contributed by atoms with E-state index in [1.807, 2.05) is 45.0 Å². The highest BCUT2D eigenvalue weighted by atomic mass is 16.6. The molecule has 132 valence electrons. The summed E-state index contributed by atoms with van der Waals surface area (Å²) >= 11 is 0. The van der Waals surface area contributed by atoms with E-state index in [4.69, 9.17) is 14.2 Å². The third-order valence-electron chi connectivity index (χ3n) is 4.28. The Morgan fingerprint density at radius 2 is 2.04 bits per heavy atom. The molecule has 2 atom stereocenters. The highest BCUT2D eigenvalue weighted by molar-refractivity contribution is 5.81. The zero-order valence-corrected chi connectivity index (χ0v) is 15.0. The van der Waals surface area contributed by atoms with Crippen LogP contribution in [0.3, 0.4) is 0 Å². The highest BCUT2D eigenvalue weighted by Crippen LogP contribution is 2.42. The standard InChI is InChI=1S/C19H26O5/c1-13(17(21)24-18(2,3)4)19(10-9-15(20)12-23-19)14-7-6-8-16(11-14)22-5/h6-8,11,13H,9-10,12H2,1-5H3/t13?,19-/m0/s1. The number of methoxy groups -OCH3 is 1. The highest BCUT2D eigenvalue weighted by Gasteiger charge is 2.47. The fourth-order valence-corrected chi connectivity index (χ4v) is 2.96. The second-order valence-corrected chi connectivity index (χ2v) is 7.20. The number of carbonyl (C=O) groups excluding carboxylic acids is 2. The van der Waals surface area contributed by atoms with Gasteiger partial charge in [0.25, 0.3) is 0 Å². The fourth-order valence-electron chi connectivity index (χ4n) is 2.96. The summed E-state index contributed by atoms with van der Waals surface area (Å²) in [6.45, 7) is 7.30. The van der Waals surface area contributed by atoms with Gasteiger partial charge in [0.05, 0.1) is 13.0 Å². The van der Waals surface area contributed by atoms with Crippen molar-refractivity contribution in [2.45, 2.75) is 51.7 Å². The third kappa shape index (κ3) is 3.96. The molecule has 0 N–H and O–H groups in total. The van der Waals surface area contributed by atoms with Crippen molar-refractivity contribution in [1.29, 1.82) is 0 Å². The molecule has 0 saturated carbocycles. The number of esters is 1. The Kier molecular flexibility index (Phi) is 5.33. The Morgan fingerprint density at radius 1 is 1.33 bits per heavy atom. The molecule has 0 radical (unpaired) electrons. The van der Waals surface area contributed by atoms with Gasteiger partial charge in [-0.05, 0) is 51.8 Å². The average molecular weight is 334 g/mol. The monoisotopic (exact) mass is 334 g/mol. The van der Waals surface area contributed by atoms with Gasteiger partial charge in [-0.2, -0.15) is 0 Å². The molecule has 0 aliphatic carbocycles. The first-order chi connectivity index (χ1) is 11.2. The molecule has 0 amide bonds.